The molecule has 0 amide bonds. The zero-order valence-electron chi connectivity index (χ0n) is 12.3. The summed E-state index contributed by atoms with van der Waals surface area (Å²) in [5.74, 6) is 1.01. The van der Waals surface area contributed by atoms with Crippen LogP contribution in [0, 0.1) is 19.8 Å². The molecule has 21 heavy (non-hydrogen) atoms. The van der Waals surface area contributed by atoms with Crippen molar-refractivity contribution >= 4 is 5.82 Å². The molecule has 0 aromatic carbocycles. The monoisotopic (exact) mass is 285 g/mol. The van der Waals surface area contributed by atoms with Crippen LogP contribution in [0.3, 0.4) is 0 Å². The summed E-state index contributed by atoms with van der Waals surface area (Å²) in [4.78, 5) is 10.5. The van der Waals surface area contributed by atoms with Gasteiger partial charge in [0.1, 0.15) is 0 Å². The Balaban J connectivity index is 1.75. The van der Waals surface area contributed by atoms with Crippen molar-refractivity contribution in [1.29, 1.82) is 0 Å². The summed E-state index contributed by atoms with van der Waals surface area (Å²) in [5.41, 5.74) is 3.15. The number of hydrogen-bond donors (Lipinski definition) is 1. The lowest BCUT2D eigenvalue weighted by atomic mass is 10.0. The minimum Gasteiger partial charge on any atom is -0.391 e. The Morgan fingerprint density at radius 1 is 1.24 bits per heavy atom. The van der Waals surface area contributed by atoms with Crippen LogP contribution in [0.4, 0.5) is 5.82 Å². The van der Waals surface area contributed by atoms with Crippen molar-refractivity contribution in [2.45, 2.75) is 26.4 Å². The summed E-state index contributed by atoms with van der Waals surface area (Å²) in [7, 11) is 0. The van der Waals surface area contributed by atoms with Gasteiger partial charge in [-0.2, -0.15) is 5.10 Å². The number of β-amino-alcohol motifs (C(OH)–C–C–N with tert-alkyl or cyclic N) is 1. The van der Waals surface area contributed by atoms with Gasteiger partial charge >= 0.3 is 0 Å². The number of hydrogen-bond acceptors (Lipinski definition) is 6. The van der Waals surface area contributed by atoms with Gasteiger partial charge in [0.25, 0.3) is 0 Å². The van der Waals surface area contributed by atoms with Crippen LogP contribution in [0.1, 0.15) is 16.8 Å². The molecule has 2 atom stereocenters. The van der Waals surface area contributed by atoms with Crippen LogP contribution in [-0.2, 0) is 6.42 Å². The third kappa shape index (κ3) is 2.85. The maximum atomic E-state index is 10.3. The first-order chi connectivity index (χ1) is 10.1. The van der Waals surface area contributed by atoms with Gasteiger partial charge in [0, 0.05) is 37.6 Å². The second-order valence-electron chi connectivity index (χ2n) is 5.61. The molecule has 3 heterocycles. The molecule has 6 nitrogen and oxygen atoms in total. The number of aliphatic hydroxyl groups is 1. The van der Waals surface area contributed by atoms with E-state index in [1.54, 1.807) is 24.8 Å². The molecule has 6 heteroatoms. The van der Waals surface area contributed by atoms with E-state index < -0.39 is 0 Å². The van der Waals surface area contributed by atoms with Crippen molar-refractivity contribution < 1.29 is 5.11 Å². The Hall–Kier alpha value is -2.08. The van der Waals surface area contributed by atoms with E-state index in [1.807, 2.05) is 13.8 Å². The smallest absolute Gasteiger partial charge is 0.154 e. The minimum absolute atomic E-state index is 0.142. The maximum Gasteiger partial charge on any atom is 0.154 e. The SMILES string of the molecule is Cc1cnnc(N2C[C@@H](Cc3cnccn3)[C@H](O)C2)c1C. The summed E-state index contributed by atoms with van der Waals surface area (Å²) in [5, 5.41) is 18.6. The second-order valence-corrected chi connectivity index (χ2v) is 5.61. The number of rotatable bonds is 3. The first kappa shape index (κ1) is 13.9. The third-order valence-electron chi connectivity index (χ3n) is 4.12. The summed E-state index contributed by atoms with van der Waals surface area (Å²) in [6, 6.07) is 0. The maximum absolute atomic E-state index is 10.3. The lowest BCUT2D eigenvalue weighted by molar-refractivity contribution is 0.147. The molecule has 0 spiro atoms. The van der Waals surface area contributed by atoms with Crippen LogP contribution in [0.2, 0.25) is 0 Å². The summed E-state index contributed by atoms with van der Waals surface area (Å²) < 4.78 is 0. The Morgan fingerprint density at radius 3 is 2.86 bits per heavy atom. The van der Waals surface area contributed by atoms with Gasteiger partial charge in [-0.25, -0.2) is 0 Å². The largest absolute Gasteiger partial charge is 0.391 e. The van der Waals surface area contributed by atoms with E-state index in [0.29, 0.717) is 6.54 Å². The molecule has 1 aliphatic rings. The van der Waals surface area contributed by atoms with Gasteiger partial charge in [0.15, 0.2) is 5.82 Å². The molecule has 1 aliphatic heterocycles. The minimum atomic E-state index is -0.381. The predicted octanol–water partition coefficient (Wildman–Crippen LogP) is 0.923. The zero-order chi connectivity index (χ0) is 14.8. The quantitative estimate of drug-likeness (QED) is 0.904. The predicted molar refractivity (Wildman–Crippen MR) is 79.0 cm³/mol. The van der Waals surface area contributed by atoms with Gasteiger partial charge in [0.05, 0.1) is 18.0 Å². The van der Waals surface area contributed by atoms with Crippen LogP contribution < -0.4 is 4.90 Å². The average Bonchev–Trinajstić information content (AvgIpc) is 2.84. The molecule has 3 rings (SSSR count). The van der Waals surface area contributed by atoms with E-state index in [-0.39, 0.29) is 12.0 Å². The highest BCUT2D eigenvalue weighted by Gasteiger charge is 2.33. The molecule has 0 unspecified atom stereocenters. The van der Waals surface area contributed by atoms with Crippen molar-refractivity contribution in [3.63, 3.8) is 0 Å². The highest BCUT2D eigenvalue weighted by molar-refractivity contribution is 5.49. The number of aryl methyl sites for hydroxylation is 1. The van der Waals surface area contributed by atoms with E-state index >= 15 is 0 Å². The molecule has 0 radical (unpaired) electrons. The lowest BCUT2D eigenvalue weighted by Crippen LogP contribution is -2.23. The van der Waals surface area contributed by atoms with Gasteiger partial charge in [-0.3, -0.25) is 9.97 Å². The Morgan fingerprint density at radius 2 is 2.10 bits per heavy atom. The van der Waals surface area contributed by atoms with E-state index in [4.69, 9.17) is 0 Å². The van der Waals surface area contributed by atoms with Crippen LogP contribution in [0.15, 0.2) is 24.8 Å². The van der Waals surface area contributed by atoms with Crippen LogP contribution in [0.5, 0.6) is 0 Å². The van der Waals surface area contributed by atoms with Gasteiger partial charge < -0.3 is 10.0 Å². The standard InChI is InChI=1S/C15H19N5O/c1-10-6-18-19-15(11(10)2)20-8-12(14(21)9-20)5-13-7-16-3-4-17-13/h3-4,6-7,12,14,21H,5,8-9H2,1-2H3/t12-,14-/m1/s1. The molecule has 1 saturated heterocycles. The summed E-state index contributed by atoms with van der Waals surface area (Å²) >= 11 is 0. The number of aliphatic hydroxyl groups excluding tert-OH is 1. The van der Waals surface area contributed by atoms with E-state index in [9.17, 15) is 5.11 Å². The molecular weight excluding hydrogens is 266 g/mol. The van der Waals surface area contributed by atoms with Crippen LogP contribution in [-0.4, -0.2) is 44.5 Å². The molecule has 2 aromatic heterocycles. The molecular formula is C15H19N5O. The van der Waals surface area contributed by atoms with Crippen molar-refractivity contribution in [1.82, 2.24) is 20.2 Å². The van der Waals surface area contributed by atoms with E-state index in [2.05, 4.69) is 25.1 Å². The van der Waals surface area contributed by atoms with Crippen LogP contribution in [0.25, 0.3) is 0 Å². The fourth-order valence-electron chi connectivity index (χ4n) is 2.75. The van der Waals surface area contributed by atoms with Crippen molar-refractivity contribution in [2.75, 3.05) is 18.0 Å². The molecule has 1 N–H and O–H groups in total. The van der Waals surface area contributed by atoms with Gasteiger partial charge in [-0.15, -0.1) is 5.10 Å². The first-order valence-electron chi connectivity index (χ1n) is 7.12. The summed E-state index contributed by atoms with van der Waals surface area (Å²) in [6.07, 6.45) is 7.21. The van der Waals surface area contributed by atoms with Gasteiger partial charge in [-0.05, 0) is 31.4 Å². The topological polar surface area (TPSA) is 75.0 Å². The fourth-order valence-corrected chi connectivity index (χ4v) is 2.75. The molecule has 2 aromatic rings. The molecule has 1 fully saturated rings. The van der Waals surface area contributed by atoms with Crippen molar-refractivity contribution in [3.05, 3.63) is 41.6 Å². The first-order valence-corrected chi connectivity index (χ1v) is 7.12. The number of anilines is 1. The van der Waals surface area contributed by atoms with E-state index in [1.165, 1.54) is 0 Å². The highest BCUT2D eigenvalue weighted by atomic mass is 16.3. The summed E-state index contributed by atoms with van der Waals surface area (Å²) in [6.45, 7) is 5.42. The van der Waals surface area contributed by atoms with Crippen molar-refractivity contribution in [2.24, 2.45) is 5.92 Å². The van der Waals surface area contributed by atoms with Crippen LogP contribution >= 0.6 is 0 Å². The molecule has 0 aliphatic carbocycles. The van der Waals surface area contributed by atoms with Gasteiger partial charge in [-0.1, -0.05) is 0 Å². The Kier molecular flexibility index (Phi) is 3.79. The molecule has 110 valence electrons. The fraction of sp³-hybridized carbons (Fsp3) is 0.467. The molecule has 0 saturated carbocycles. The highest BCUT2D eigenvalue weighted by Crippen LogP contribution is 2.27. The van der Waals surface area contributed by atoms with Crippen molar-refractivity contribution in [3.8, 4) is 0 Å². The van der Waals surface area contributed by atoms with E-state index in [0.717, 1.165) is 35.6 Å². The second kappa shape index (κ2) is 5.73. The Labute approximate surface area is 123 Å². The molecule has 0 bridgehead atoms. The number of aromatic nitrogens is 4. The van der Waals surface area contributed by atoms with Gasteiger partial charge in [0.2, 0.25) is 0 Å². The third-order valence-corrected chi connectivity index (χ3v) is 4.12. The Bertz CT molecular complexity index is 619. The lowest BCUT2D eigenvalue weighted by Gasteiger charge is -2.19. The average molecular weight is 285 g/mol. The number of nitrogens with zero attached hydrogens (tertiary/aromatic N) is 5. The zero-order valence-corrected chi connectivity index (χ0v) is 12.3. The normalized spacial score (nSPS) is 21.8.